The molecule has 2 aromatic carbocycles. The summed E-state index contributed by atoms with van der Waals surface area (Å²) in [5, 5.41) is -0.394. The maximum atomic E-state index is 14.2. The molecule has 0 bridgehead atoms. The van der Waals surface area contributed by atoms with Gasteiger partial charge in [0.2, 0.25) is 5.12 Å². The molecular weight excluding hydrogens is 708 g/mol. The van der Waals surface area contributed by atoms with E-state index < -0.39 is 36.6 Å². The van der Waals surface area contributed by atoms with Gasteiger partial charge in [-0.05, 0) is 66.1 Å². The molecule has 0 radical (unpaired) electrons. The number of carbonyl (C=O) groups excluding carboxylic acids is 1. The number of nitrogens with zero attached hydrogens (tertiary/aromatic N) is 2. The molecule has 14 heteroatoms. The largest absolute Gasteiger partial charge is 0.475 e. The number of hydrogen-bond donors (Lipinski definition) is 1. The third-order valence-electron chi connectivity index (χ3n) is 6.61. The van der Waals surface area contributed by atoms with Gasteiger partial charge in [-0.1, -0.05) is 60.3 Å². The average molecular weight is 744 g/mol. The number of benzene rings is 2. The van der Waals surface area contributed by atoms with Crippen molar-refractivity contribution >= 4 is 53.1 Å². The molecule has 1 aliphatic heterocycles. The topological polar surface area (TPSA) is 141 Å². The molecule has 232 valence electrons. The minimum Gasteiger partial charge on any atom is -0.383 e. The number of anilines is 1. The Kier molecular flexibility index (Phi) is 12.4. The van der Waals surface area contributed by atoms with E-state index in [4.69, 9.17) is 28.8 Å². The van der Waals surface area contributed by atoms with Crippen LogP contribution >= 0.6 is 42.2 Å². The van der Waals surface area contributed by atoms with Crippen LogP contribution in [0.2, 0.25) is 0 Å². The number of phosphoric acid groups is 1. The lowest BCUT2D eigenvalue weighted by Gasteiger charge is -2.33. The lowest BCUT2D eigenvalue weighted by atomic mass is 9.99. The van der Waals surface area contributed by atoms with Gasteiger partial charge in [0.25, 0.3) is 0 Å². The first-order valence-corrected chi connectivity index (χ1v) is 17.3. The number of phosphoric ester groups is 1. The van der Waals surface area contributed by atoms with Crippen LogP contribution in [0.5, 0.6) is 0 Å². The highest BCUT2D eigenvalue weighted by atomic mass is 127. The fraction of sp³-hybridized carbons (Fsp3) is 0.414. The number of aryl methyl sites for hydroxylation is 1. The Bertz CT molecular complexity index is 1470. The molecule has 3 aromatic rings. The van der Waals surface area contributed by atoms with Crippen molar-refractivity contribution in [2.75, 3.05) is 31.3 Å². The third-order valence-corrected chi connectivity index (χ3v) is 10.3. The number of thioether (sulfide) groups is 1. The fourth-order valence-electron chi connectivity index (χ4n) is 4.59. The maximum Gasteiger partial charge on any atom is 0.475 e. The van der Waals surface area contributed by atoms with Crippen molar-refractivity contribution in [1.29, 1.82) is 0 Å². The lowest BCUT2D eigenvalue weighted by molar-refractivity contribution is -0.161. The van der Waals surface area contributed by atoms with Crippen LogP contribution in [0, 0.1) is 3.57 Å². The van der Waals surface area contributed by atoms with Crippen LogP contribution in [0.3, 0.4) is 0 Å². The Morgan fingerprint density at radius 3 is 2.51 bits per heavy atom. The van der Waals surface area contributed by atoms with Gasteiger partial charge in [-0.3, -0.25) is 22.9 Å². The minimum absolute atomic E-state index is 0.0345. The number of hydrogen-bond acceptors (Lipinski definition) is 11. The maximum absolute atomic E-state index is 14.2. The smallest absolute Gasteiger partial charge is 0.383 e. The highest BCUT2D eigenvalue weighted by Gasteiger charge is 2.58. The second kappa shape index (κ2) is 15.8. The van der Waals surface area contributed by atoms with Gasteiger partial charge in [0.1, 0.15) is 18.1 Å². The summed E-state index contributed by atoms with van der Waals surface area (Å²) in [6, 6.07) is 18.8. The van der Waals surface area contributed by atoms with E-state index in [9.17, 15) is 14.2 Å². The minimum atomic E-state index is -4.12. The van der Waals surface area contributed by atoms with Crippen molar-refractivity contribution in [3.8, 4) is 0 Å². The van der Waals surface area contributed by atoms with Crippen LogP contribution in [-0.4, -0.2) is 51.9 Å². The van der Waals surface area contributed by atoms with Crippen molar-refractivity contribution in [3.05, 3.63) is 92.0 Å². The van der Waals surface area contributed by atoms with E-state index in [0.717, 1.165) is 26.5 Å². The van der Waals surface area contributed by atoms with Crippen LogP contribution in [0.25, 0.3) is 0 Å². The first-order valence-electron chi connectivity index (χ1n) is 13.8. The first kappa shape index (κ1) is 33.8. The van der Waals surface area contributed by atoms with Gasteiger partial charge in [-0.25, -0.2) is 9.36 Å². The van der Waals surface area contributed by atoms with Gasteiger partial charge in [-0.15, -0.1) is 0 Å². The molecule has 0 saturated carbocycles. The second-order valence-electron chi connectivity index (χ2n) is 9.57. The van der Waals surface area contributed by atoms with Gasteiger partial charge in [0, 0.05) is 21.9 Å². The summed E-state index contributed by atoms with van der Waals surface area (Å²) in [7, 11) is -4.12. The van der Waals surface area contributed by atoms with Gasteiger partial charge in [-0.2, -0.15) is 4.98 Å². The Morgan fingerprint density at radius 2 is 1.84 bits per heavy atom. The average Bonchev–Trinajstić information content (AvgIpc) is 3.33. The standard InChI is InChI=1S/C29H35IN3O8PS/c1-3-38-42(36,39-4-2)41-24-18-26(33-16-14-25(31)32-28(33)35)40-29(24,20-37-19-21-10-6-5-7-11-21)27(34)43-17-15-22-12-8-9-13-23(22)30/h5-14,16,24,26H,3-4,15,17-20H2,1-2H3,(H2,31,32,35)/t24-,26+,29+/m0/s1. The predicted octanol–water partition coefficient (Wildman–Crippen LogP) is 5.37. The zero-order valence-corrected chi connectivity index (χ0v) is 27.8. The molecule has 0 unspecified atom stereocenters. The summed E-state index contributed by atoms with van der Waals surface area (Å²) >= 11 is 3.33. The molecule has 0 aliphatic carbocycles. The molecule has 1 aliphatic rings. The summed E-state index contributed by atoms with van der Waals surface area (Å²) in [5.74, 6) is 0.488. The van der Waals surface area contributed by atoms with Crippen molar-refractivity contribution in [1.82, 2.24) is 9.55 Å². The molecule has 4 rings (SSSR count). The summed E-state index contributed by atoms with van der Waals surface area (Å²) in [5.41, 5.74) is 5.26. The number of aromatic nitrogens is 2. The van der Waals surface area contributed by atoms with E-state index in [1.54, 1.807) is 13.8 Å². The molecule has 0 amide bonds. The third kappa shape index (κ3) is 8.76. The monoisotopic (exact) mass is 743 g/mol. The van der Waals surface area contributed by atoms with E-state index in [1.807, 2.05) is 54.6 Å². The van der Waals surface area contributed by atoms with Crippen molar-refractivity contribution in [2.24, 2.45) is 0 Å². The number of nitrogens with two attached hydrogens (primary N) is 1. The van der Waals surface area contributed by atoms with E-state index in [1.165, 1.54) is 16.8 Å². The predicted molar refractivity (Wildman–Crippen MR) is 173 cm³/mol. The van der Waals surface area contributed by atoms with E-state index in [0.29, 0.717) is 12.2 Å². The quantitative estimate of drug-likeness (QED) is 0.159. The summed E-state index contributed by atoms with van der Waals surface area (Å²) in [4.78, 5) is 30.8. The van der Waals surface area contributed by atoms with Crippen LogP contribution < -0.4 is 11.4 Å². The molecule has 11 nitrogen and oxygen atoms in total. The fourth-order valence-corrected chi connectivity index (χ4v) is 7.64. The Balaban J connectivity index is 1.68. The molecule has 1 fully saturated rings. The van der Waals surface area contributed by atoms with E-state index in [2.05, 4.69) is 27.6 Å². The number of nitrogen functional groups attached to an aromatic ring is 1. The summed E-state index contributed by atoms with van der Waals surface area (Å²) in [6.07, 6.45) is -0.121. The van der Waals surface area contributed by atoms with Crippen LogP contribution in [0.1, 0.15) is 37.6 Å². The van der Waals surface area contributed by atoms with Gasteiger partial charge in [0.15, 0.2) is 5.60 Å². The summed E-state index contributed by atoms with van der Waals surface area (Å²) in [6.45, 7) is 3.35. The van der Waals surface area contributed by atoms with Gasteiger partial charge < -0.3 is 15.2 Å². The summed E-state index contributed by atoms with van der Waals surface area (Å²) < 4.78 is 45.3. The van der Waals surface area contributed by atoms with Crippen molar-refractivity contribution < 1.29 is 32.4 Å². The molecule has 0 spiro atoms. The van der Waals surface area contributed by atoms with Crippen molar-refractivity contribution in [2.45, 2.75) is 51.2 Å². The molecule has 43 heavy (non-hydrogen) atoms. The number of ether oxygens (including phenoxy) is 2. The van der Waals surface area contributed by atoms with E-state index in [-0.39, 0.29) is 38.7 Å². The Labute approximate surface area is 268 Å². The van der Waals surface area contributed by atoms with Crippen LogP contribution in [-0.2, 0) is 45.4 Å². The molecule has 3 atom stereocenters. The van der Waals surface area contributed by atoms with Gasteiger partial charge in [0.05, 0.1) is 26.4 Å². The van der Waals surface area contributed by atoms with Gasteiger partial charge >= 0.3 is 13.5 Å². The zero-order valence-electron chi connectivity index (χ0n) is 23.9. The zero-order chi connectivity index (χ0) is 30.9. The molecule has 1 saturated heterocycles. The number of halogens is 1. The molecular formula is C29H35IN3O8PS. The number of carbonyl (C=O) groups is 1. The molecule has 1 aromatic heterocycles. The number of rotatable bonds is 15. The SMILES string of the molecule is CCOP(=O)(OCC)O[C@H]1C[C@H](n2ccc(N)nc2=O)O[C@@]1(COCc1ccccc1)C(=O)SCCc1ccccc1I. The molecule has 2 N–H and O–H groups in total. The van der Waals surface area contributed by atoms with Crippen LogP contribution in [0.15, 0.2) is 71.7 Å². The lowest BCUT2D eigenvalue weighted by Crippen LogP contribution is -2.51. The molecule has 2 heterocycles. The van der Waals surface area contributed by atoms with Crippen molar-refractivity contribution in [3.63, 3.8) is 0 Å². The normalized spacial score (nSPS) is 20.3. The second-order valence-corrected chi connectivity index (χ2v) is 13.4. The first-order chi connectivity index (χ1) is 20.7. The Morgan fingerprint density at radius 1 is 1.14 bits per heavy atom. The van der Waals surface area contributed by atoms with Crippen LogP contribution in [0.4, 0.5) is 5.82 Å². The van der Waals surface area contributed by atoms with E-state index >= 15 is 0 Å². The Hall–Kier alpha value is -2.10. The highest BCUT2D eigenvalue weighted by molar-refractivity contribution is 14.1. The highest BCUT2D eigenvalue weighted by Crippen LogP contribution is 2.55.